The molecular formula is C23H27FN4O3. The van der Waals surface area contributed by atoms with Gasteiger partial charge in [-0.05, 0) is 47.7 Å². The predicted octanol–water partition coefficient (Wildman–Crippen LogP) is 1.80. The van der Waals surface area contributed by atoms with Crippen molar-refractivity contribution in [3.63, 3.8) is 0 Å². The number of anilines is 1. The quantitative estimate of drug-likeness (QED) is 0.677. The average Bonchev–Trinajstić information content (AvgIpc) is 3.56. The fourth-order valence-corrected chi connectivity index (χ4v) is 3.94. The van der Waals surface area contributed by atoms with Gasteiger partial charge in [-0.15, -0.1) is 0 Å². The minimum Gasteiger partial charge on any atom is -0.388 e. The topological polar surface area (TPSA) is 98.9 Å². The van der Waals surface area contributed by atoms with E-state index in [-0.39, 0.29) is 11.5 Å². The summed E-state index contributed by atoms with van der Waals surface area (Å²) in [4.78, 5) is 28.2. The van der Waals surface area contributed by atoms with Gasteiger partial charge >= 0.3 is 0 Å². The Bertz CT molecular complexity index is 1010. The van der Waals surface area contributed by atoms with E-state index in [0.717, 1.165) is 16.8 Å². The van der Waals surface area contributed by atoms with Crippen LogP contribution < -0.4 is 11.1 Å². The fraction of sp³-hybridized carbons (Fsp3) is 0.391. The van der Waals surface area contributed by atoms with Crippen LogP contribution in [-0.4, -0.2) is 65.5 Å². The van der Waals surface area contributed by atoms with Crippen LogP contribution in [0.1, 0.15) is 28.8 Å². The van der Waals surface area contributed by atoms with E-state index in [1.54, 1.807) is 22.9 Å². The number of benzene rings is 2. The molecule has 0 atom stereocenters. The third-order valence-electron chi connectivity index (χ3n) is 6.11. The lowest BCUT2D eigenvalue weighted by Crippen LogP contribution is -2.53. The molecule has 2 aromatic rings. The predicted molar refractivity (Wildman–Crippen MR) is 116 cm³/mol. The van der Waals surface area contributed by atoms with Gasteiger partial charge in [0, 0.05) is 45.5 Å². The smallest absolute Gasteiger partial charge is 0.256 e. The number of amides is 2. The van der Waals surface area contributed by atoms with Gasteiger partial charge in [-0.3, -0.25) is 9.59 Å². The van der Waals surface area contributed by atoms with Gasteiger partial charge in [-0.25, -0.2) is 4.39 Å². The van der Waals surface area contributed by atoms with Gasteiger partial charge in [0.25, 0.3) is 11.8 Å². The Morgan fingerprint density at radius 3 is 2.26 bits per heavy atom. The van der Waals surface area contributed by atoms with Crippen LogP contribution in [0.4, 0.5) is 10.1 Å². The summed E-state index contributed by atoms with van der Waals surface area (Å²) < 4.78 is 14.9. The van der Waals surface area contributed by atoms with Crippen molar-refractivity contribution in [3.05, 3.63) is 53.3 Å². The summed E-state index contributed by atoms with van der Waals surface area (Å²) in [6.07, 6.45) is 0.987. The van der Waals surface area contributed by atoms with Crippen LogP contribution in [0.25, 0.3) is 11.1 Å². The van der Waals surface area contributed by atoms with Crippen molar-refractivity contribution < 1.29 is 19.1 Å². The lowest BCUT2D eigenvalue weighted by molar-refractivity contribution is -0.143. The molecule has 31 heavy (non-hydrogen) atoms. The summed E-state index contributed by atoms with van der Waals surface area (Å²) in [5.74, 6) is -1.24. The number of carbonyl (C=O) groups is 2. The van der Waals surface area contributed by atoms with Gasteiger partial charge in [0.2, 0.25) is 0 Å². The number of nitrogens with two attached hydrogens (primary N) is 1. The van der Waals surface area contributed by atoms with Crippen molar-refractivity contribution in [1.29, 1.82) is 0 Å². The second kappa shape index (κ2) is 8.28. The van der Waals surface area contributed by atoms with E-state index in [1.165, 1.54) is 12.1 Å². The Labute approximate surface area is 180 Å². The van der Waals surface area contributed by atoms with Crippen LogP contribution in [0, 0.1) is 5.82 Å². The first kappa shape index (κ1) is 21.3. The normalized spacial score (nSPS) is 17.4. The number of hydrogen-bond donors (Lipinski definition) is 3. The molecule has 0 unspecified atom stereocenters. The lowest BCUT2D eigenvalue weighted by atomic mass is 10.00. The first-order chi connectivity index (χ1) is 14.9. The number of hydrogen-bond acceptors (Lipinski definition) is 5. The minimum absolute atomic E-state index is 0.0109. The van der Waals surface area contributed by atoms with Crippen LogP contribution in [-0.2, 0) is 11.3 Å². The summed E-state index contributed by atoms with van der Waals surface area (Å²) in [6, 6.07) is 10.3. The van der Waals surface area contributed by atoms with Gasteiger partial charge < -0.3 is 26.0 Å². The second-order valence-corrected chi connectivity index (χ2v) is 8.14. The molecule has 0 spiro atoms. The molecule has 1 heterocycles. The maximum Gasteiger partial charge on any atom is 0.256 e. The Balaban J connectivity index is 1.46. The molecular weight excluding hydrogens is 399 g/mol. The van der Waals surface area contributed by atoms with Crippen molar-refractivity contribution in [2.75, 3.05) is 38.5 Å². The van der Waals surface area contributed by atoms with Crippen molar-refractivity contribution in [2.45, 2.75) is 25.0 Å². The summed E-state index contributed by atoms with van der Waals surface area (Å²) in [5.41, 5.74) is 7.88. The van der Waals surface area contributed by atoms with E-state index >= 15 is 0 Å². The number of nitrogens with zero attached hydrogens (tertiary/aromatic N) is 2. The van der Waals surface area contributed by atoms with E-state index in [2.05, 4.69) is 5.32 Å². The van der Waals surface area contributed by atoms with Gasteiger partial charge in [-0.2, -0.15) is 0 Å². The van der Waals surface area contributed by atoms with Gasteiger partial charge in [-0.1, -0.05) is 18.2 Å². The van der Waals surface area contributed by atoms with Crippen LogP contribution in [0.3, 0.4) is 0 Å². The minimum atomic E-state index is -1.20. The van der Waals surface area contributed by atoms with Crippen molar-refractivity contribution in [2.24, 2.45) is 5.73 Å². The van der Waals surface area contributed by atoms with E-state index in [1.807, 2.05) is 18.2 Å². The zero-order chi connectivity index (χ0) is 22.2. The third-order valence-corrected chi connectivity index (χ3v) is 6.11. The standard InChI is InChI=1S/C23H27FN4O3/c1-26-20-13-16(2-3-17(20)14-25)15-4-5-18(19(24)12-15)21(29)27-8-10-28(11-9-27)22(30)23(31)6-7-23/h2-5,12-13,26,31H,6-11,14,25H2,1H3. The molecule has 0 bridgehead atoms. The molecule has 1 aliphatic carbocycles. The summed E-state index contributed by atoms with van der Waals surface area (Å²) >= 11 is 0. The lowest BCUT2D eigenvalue weighted by Gasteiger charge is -2.35. The van der Waals surface area contributed by atoms with E-state index in [9.17, 15) is 19.1 Å². The maximum absolute atomic E-state index is 14.9. The Morgan fingerprint density at radius 1 is 1.06 bits per heavy atom. The molecule has 0 aromatic heterocycles. The highest BCUT2D eigenvalue weighted by Crippen LogP contribution is 2.37. The fourth-order valence-electron chi connectivity index (χ4n) is 3.94. The van der Waals surface area contributed by atoms with Crippen LogP contribution in [0.2, 0.25) is 0 Å². The highest BCUT2D eigenvalue weighted by Gasteiger charge is 2.50. The molecule has 8 heteroatoms. The molecule has 2 aliphatic rings. The van der Waals surface area contributed by atoms with E-state index in [0.29, 0.717) is 51.1 Å². The van der Waals surface area contributed by atoms with Crippen LogP contribution in [0.15, 0.2) is 36.4 Å². The molecule has 0 radical (unpaired) electrons. The highest BCUT2D eigenvalue weighted by molar-refractivity contribution is 5.95. The Kier molecular flexibility index (Phi) is 5.68. The zero-order valence-corrected chi connectivity index (χ0v) is 17.5. The summed E-state index contributed by atoms with van der Waals surface area (Å²) in [5, 5.41) is 13.1. The molecule has 4 N–H and O–H groups in total. The molecule has 7 nitrogen and oxygen atoms in total. The molecule has 4 rings (SSSR count). The Morgan fingerprint density at radius 2 is 1.68 bits per heavy atom. The van der Waals surface area contributed by atoms with E-state index in [4.69, 9.17) is 5.73 Å². The van der Waals surface area contributed by atoms with Crippen LogP contribution >= 0.6 is 0 Å². The van der Waals surface area contributed by atoms with Crippen molar-refractivity contribution in [3.8, 4) is 11.1 Å². The SMILES string of the molecule is CNc1cc(-c2ccc(C(=O)N3CCN(C(=O)C4(O)CC4)CC3)c(F)c2)ccc1CN. The Hall–Kier alpha value is -2.97. The molecule has 1 aliphatic heterocycles. The zero-order valence-electron chi connectivity index (χ0n) is 17.5. The number of aliphatic hydroxyl groups is 1. The number of carbonyl (C=O) groups excluding carboxylic acids is 2. The maximum atomic E-state index is 14.9. The molecule has 2 fully saturated rings. The second-order valence-electron chi connectivity index (χ2n) is 8.14. The van der Waals surface area contributed by atoms with E-state index < -0.39 is 17.3 Å². The first-order valence-electron chi connectivity index (χ1n) is 10.5. The third kappa shape index (κ3) is 4.13. The molecule has 1 saturated heterocycles. The molecule has 164 valence electrons. The number of piperazine rings is 1. The highest BCUT2D eigenvalue weighted by atomic mass is 19.1. The number of halogens is 1. The molecule has 1 saturated carbocycles. The monoisotopic (exact) mass is 426 g/mol. The van der Waals surface area contributed by atoms with Gasteiger partial charge in [0.05, 0.1) is 5.56 Å². The molecule has 2 amide bonds. The largest absolute Gasteiger partial charge is 0.388 e. The average molecular weight is 426 g/mol. The molecule has 2 aromatic carbocycles. The summed E-state index contributed by atoms with van der Waals surface area (Å²) in [6.45, 7) is 1.71. The van der Waals surface area contributed by atoms with Gasteiger partial charge in [0.15, 0.2) is 0 Å². The van der Waals surface area contributed by atoms with Crippen molar-refractivity contribution in [1.82, 2.24) is 9.80 Å². The van der Waals surface area contributed by atoms with Gasteiger partial charge in [0.1, 0.15) is 11.4 Å². The number of nitrogens with one attached hydrogen (secondary N) is 1. The number of rotatable bonds is 5. The van der Waals surface area contributed by atoms with Crippen LogP contribution in [0.5, 0.6) is 0 Å². The van der Waals surface area contributed by atoms with Crippen molar-refractivity contribution >= 4 is 17.5 Å². The first-order valence-corrected chi connectivity index (χ1v) is 10.5. The summed E-state index contributed by atoms with van der Waals surface area (Å²) in [7, 11) is 1.80.